The average molecular weight is 277 g/mol. The molecule has 2 rings (SSSR count). The van der Waals surface area contributed by atoms with Crippen molar-refractivity contribution >= 4 is 36.9 Å². The molecule has 0 aliphatic carbocycles. The Balaban J connectivity index is 0.00000128. The smallest absolute Gasteiger partial charge is 0.128 e. The third kappa shape index (κ3) is 4.17. The molecule has 0 bridgehead atoms. The maximum atomic E-state index is 10.6. The van der Waals surface area contributed by atoms with Gasteiger partial charge in [-0.05, 0) is 31.4 Å². The first-order valence-corrected chi connectivity index (χ1v) is 5.42. The number of pyridine rings is 1. The predicted molar refractivity (Wildman–Crippen MR) is 74.5 cm³/mol. The van der Waals surface area contributed by atoms with Crippen LogP contribution < -0.4 is 4.90 Å². The molecule has 1 saturated heterocycles. The molecule has 0 aromatic carbocycles. The van der Waals surface area contributed by atoms with Crippen molar-refractivity contribution in [2.45, 2.75) is 19.8 Å². The van der Waals surface area contributed by atoms with Crippen LogP contribution in [0.15, 0.2) is 18.3 Å². The van der Waals surface area contributed by atoms with E-state index in [0.717, 1.165) is 38.0 Å². The molecular weight excluding hydrogens is 259 g/mol. The van der Waals surface area contributed by atoms with Gasteiger partial charge in [-0.25, -0.2) is 4.98 Å². The Morgan fingerprint density at radius 3 is 2.41 bits per heavy atom. The molecule has 17 heavy (non-hydrogen) atoms. The molecule has 5 heteroatoms. The first-order chi connectivity index (χ1) is 7.29. The molecule has 3 nitrogen and oxygen atoms in total. The number of anilines is 1. The number of aryl methyl sites for hydroxylation is 1. The Labute approximate surface area is 114 Å². The lowest BCUT2D eigenvalue weighted by Gasteiger charge is -2.30. The van der Waals surface area contributed by atoms with Crippen LogP contribution in [0.4, 0.5) is 5.82 Å². The fourth-order valence-electron chi connectivity index (χ4n) is 1.91. The van der Waals surface area contributed by atoms with Gasteiger partial charge in [0.05, 0.1) is 0 Å². The summed E-state index contributed by atoms with van der Waals surface area (Å²) in [5.74, 6) is 1.29. The van der Waals surface area contributed by atoms with E-state index in [1.54, 1.807) is 0 Å². The van der Waals surface area contributed by atoms with E-state index in [1.165, 1.54) is 5.56 Å². The number of aromatic nitrogens is 1. The summed E-state index contributed by atoms with van der Waals surface area (Å²) >= 11 is 0. The van der Waals surface area contributed by atoms with Crippen LogP contribution in [-0.4, -0.2) is 24.4 Å². The minimum Gasteiger partial charge on any atom is -0.357 e. The maximum Gasteiger partial charge on any atom is 0.128 e. The minimum atomic E-state index is 0. The van der Waals surface area contributed by atoms with Gasteiger partial charge in [0.15, 0.2) is 0 Å². The zero-order valence-corrected chi connectivity index (χ0v) is 11.5. The summed E-state index contributed by atoms with van der Waals surface area (Å²) in [5.41, 5.74) is 1.18. The van der Waals surface area contributed by atoms with Crippen LogP contribution in [0.5, 0.6) is 0 Å². The molecule has 0 unspecified atom stereocenters. The summed E-state index contributed by atoms with van der Waals surface area (Å²) in [7, 11) is 0. The molecule has 1 aromatic heterocycles. The summed E-state index contributed by atoms with van der Waals surface area (Å²) in [4.78, 5) is 17.3. The number of hydrogen-bond donors (Lipinski definition) is 0. The molecule has 0 atom stereocenters. The predicted octanol–water partition coefficient (Wildman–Crippen LogP) is 2.65. The largest absolute Gasteiger partial charge is 0.357 e. The third-order valence-corrected chi connectivity index (χ3v) is 2.95. The van der Waals surface area contributed by atoms with E-state index in [2.05, 4.69) is 22.0 Å². The summed E-state index contributed by atoms with van der Waals surface area (Å²) in [6, 6.07) is 4.13. The highest BCUT2D eigenvalue weighted by molar-refractivity contribution is 5.85. The van der Waals surface area contributed by atoms with Gasteiger partial charge in [-0.2, -0.15) is 0 Å². The van der Waals surface area contributed by atoms with Gasteiger partial charge in [-0.3, -0.25) is 0 Å². The molecule has 1 aliphatic heterocycles. The van der Waals surface area contributed by atoms with Gasteiger partial charge in [0.1, 0.15) is 12.1 Å². The molecule has 0 radical (unpaired) electrons. The van der Waals surface area contributed by atoms with Crippen LogP contribution in [0.1, 0.15) is 18.4 Å². The molecular formula is C12H18Cl2N2O. The first kappa shape index (κ1) is 16.2. The van der Waals surface area contributed by atoms with Crippen molar-refractivity contribution in [1.82, 2.24) is 4.98 Å². The number of aldehydes is 1. The molecule has 1 aliphatic rings. The average Bonchev–Trinajstić information content (AvgIpc) is 2.30. The van der Waals surface area contributed by atoms with Crippen molar-refractivity contribution in [3.63, 3.8) is 0 Å². The normalized spacial score (nSPS) is 15.7. The van der Waals surface area contributed by atoms with Gasteiger partial charge in [-0.1, -0.05) is 6.07 Å². The van der Waals surface area contributed by atoms with Crippen LogP contribution in [0.3, 0.4) is 0 Å². The molecule has 1 fully saturated rings. The molecule has 0 amide bonds. The molecule has 96 valence electrons. The van der Waals surface area contributed by atoms with E-state index in [1.807, 2.05) is 13.1 Å². The SMILES string of the molecule is Cc1ccc(N2CCC(C=O)CC2)nc1.Cl.Cl. The quantitative estimate of drug-likeness (QED) is 0.779. The van der Waals surface area contributed by atoms with Crippen LogP contribution in [0, 0.1) is 12.8 Å². The number of piperidine rings is 1. The second-order valence-corrected chi connectivity index (χ2v) is 4.15. The lowest BCUT2D eigenvalue weighted by molar-refractivity contribution is -0.111. The first-order valence-electron chi connectivity index (χ1n) is 5.42. The Kier molecular flexibility index (Phi) is 7.16. The van der Waals surface area contributed by atoms with E-state index in [-0.39, 0.29) is 30.7 Å². The lowest BCUT2D eigenvalue weighted by Crippen LogP contribution is -2.34. The summed E-state index contributed by atoms with van der Waals surface area (Å²) in [6.07, 6.45) is 4.89. The zero-order chi connectivity index (χ0) is 10.7. The zero-order valence-electron chi connectivity index (χ0n) is 9.83. The Morgan fingerprint density at radius 2 is 1.94 bits per heavy atom. The highest BCUT2D eigenvalue weighted by atomic mass is 35.5. The number of carbonyl (C=O) groups excluding carboxylic acids is 1. The Morgan fingerprint density at radius 1 is 1.29 bits per heavy atom. The molecule has 1 aromatic rings. The minimum absolute atomic E-state index is 0. The number of rotatable bonds is 2. The fourth-order valence-corrected chi connectivity index (χ4v) is 1.91. The van der Waals surface area contributed by atoms with E-state index in [4.69, 9.17) is 0 Å². The highest BCUT2D eigenvalue weighted by Gasteiger charge is 2.18. The van der Waals surface area contributed by atoms with Crippen molar-refractivity contribution in [3.8, 4) is 0 Å². The van der Waals surface area contributed by atoms with Crippen LogP contribution >= 0.6 is 24.8 Å². The molecule has 0 saturated carbocycles. The van der Waals surface area contributed by atoms with Gasteiger partial charge >= 0.3 is 0 Å². The van der Waals surface area contributed by atoms with E-state index in [9.17, 15) is 4.79 Å². The van der Waals surface area contributed by atoms with Crippen LogP contribution in [-0.2, 0) is 4.79 Å². The van der Waals surface area contributed by atoms with Gasteiger partial charge in [0, 0.05) is 25.2 Å². The number of nitrogens with zero attached hydrogens (tertiary/aromatic N) is 2. The standard InChI is InChI=1S/C12H16N2O.2ClH/c1-10-2-3-12(13-8-10)14-6-4-11(9-15)5-7-14;;/h2-3,8-9,11H,4-7H2,1H3;2*1H. The topological polar surface area (TPSA) is 33.2 Å². The lowest BCUT2D eigenvalue weighted by atomic mass is 9.99. The number of halogens is 2. The molecule has 0 spiro atoms. The second kappa shape index (κ2) is 7.51. The fraction of sp³-hybridized carbons (Fsp3) is 0.500. The second-order valence-electron chi connectivity index (χ2n) is 4.15. The van der Waals surface area contributed by atoms with E-state index in [0.29, 0.717) is 0 Å². The van der Waals surface area contributed by atoms with E-state index >= 15 is 0 Å². The van der Waals surface area contributed by atoms with Crippen molar-refractivity contribution in [2.24, 2.45) is 5.92 Å². The van der Waals surface area contributed by atoms with Gasteiger partial charge in [0.25, 0.3) is 0 Å². The van der Waals surface area contributed by atoms with Gasteiger partial charge < -0.3 is 9.69 Å². The molecule has 0 N–H and O–H groups in total. The van der Waals surface area contributed by atoms with Gasteiger partial charge in [0.2, 0.25) is 0 Å². The van der Waals surface area contributed by atoms with Crippen LogP contribution in [0.2, 0.25) is 0 Å². The summed E-state index contributed by atoms with van der Waals surface area (Å²) in [6.45, 7) is 3.92. The monoisotopic (exact) mass is 276 g/mol. The summed E-state index contributed by atoms with van der Waals surface area (Å²) < 4.78 is 0. The van der Waals surface area contributed by atoms with Crippen molar-refractivity contribution in [3.05, 3.63) is 23.9 Å². The Hall–Kier alpha value is -0.800. The number of hydrogen-bond acceptors (Lipinski definition) is 3. The van der Waals surface area contributed by atoms with Gasteiger partial charge in [-0.15, -0.1) is 24.8 Å². The van der Waals surface area contributed by atoms with E-state index < -0.39 is 0 Å². The molecule has 2 heterocycles. The van der Waals surface area contributed by atoms with Crippen LogP contribution in [0.25, 0.3) is 0 Å². The summed E-state index contributed by atoms with van der Waals surface area (Å²) in [5, 5.41) is 0. The van der Waals surface area contributed by atoms with Crippen molar-refractivity contribution in [2.75, 3.05) is 18.0 Å². The maximum absolute atomic E-state index is 10.6. The van der Waals surface area contributed by atoms with Crippen molar-refractivity contribution < 1.29 is 4.79 Å². The van der Waals surface area contributed by atoms with Crippen molar-refractivity contribution in [1.29, 1.82) is 0 Å². The highest BCUT2D eigenvalue weighted by Crippen LogP contribution is 2.20. The third-order valence-electron chi connectivity index (χ3n) is 2.95. The number of carbonyl (C=O) groups is 1. The Bertz CT molecular complexity index is 335.